The van der Waals surface area contributed by atoms with Crippen LogP contribution < -0.4 is 10.7 Å². The molecule has 82 valence electrons. The van der Waals surface area contributed by atoms with E-state index in [2.05, 4.69) is 27.1 Å². The number of anilines is 1. The predicted octanol–water partition coefficient (Wildman–Crippen LogP) is 2.76. The third-order valence-electron chi connectivity index (χ3n) is 2.40. The van der Waals surface area contributed by atoms with Crippen LogP contribution >= 0.6 is 15.8 Å². The molecular weight excluding hydrogens is 275 g/mol. The molecule has 0 aromatic heterocycles. The zero-order chi connectivity index (χ0) is 12.1. The first-order chi connectivity index (χ1) is 8.29. The molecule has 4 heteroatoms. The average Bonchev–Trinajstić information content (AvgIpc) is 2.40. The lowest BCUT2D eigenvalue weighted by molar-refractivity contribution is 1.49. The van der Waals surface area contributed by atoms with Crippen LogP contribution in [0.4, 0.5) is 5.69 Å². The Morgan fingerprint density at radius 1 is 1.00 bits per heavy atom. The summed E-state index contributed by atoms with van der Waals surface area (Å²) < 4.78 is 0. The zero-order valence-corrected chi connectivity index (χ0v) is 10.7. The number of nitriles is 1. The van der Waals surface area contributed by atoms with Gasteiger partial charge in [0.25, 0.3) is 0 Å². The first-order valence-corrected chi connectivity index (χ1v) is 6.17. The van der Waals surface area contributed by atoms with Crippen molar-refractivity contribution >= 4 is 32.6 Å². The van der Waals surface area contributed by atoms with Crippen molar-refractivity contribution in [1.82, 2.24) is 0 Å². The lowest BCUT2D eigenvalue weighted by Crippen LogP contribution is -2.32. The zero-order valence-electron chi connectivity index (χ0n) is 9.10. The van der Waals surface area contributed by atoms with Gasteiger partial charge in [-0.2, -0.15) is 5.26 Å². The van der Waals surface area contributed by atoms with Crippen molar-refractivity contribution in [3.63, 3.8) is 0 Å². The Labute approximate surface area is 109 Å². The SMILES string of the molecule is N#Cc1ccc(B(Br)Nc2ccccc2)cc1. The fraction of sp³-hybridized carbons (Fsp3) is 0. The van der Waals surface area contributed by atoms with Crippen LogP contribution in [-0.4, -0.2) is 5.67 Å². The Bertz CT molecular complexity index is 519. The van der Waals surface area contributed by atoms with Gasteiger partial charge in [0.05, 0.1) is 11.6 Å². The van der Waals surface area contributed by atoms with Crippen LogP contribution in [0.3, 0.4) is 0 Å². The second-order valence-corrected chi connectivity index (χ2v) is 4.52. The Balaban J connectivity index is 2.10. The molecule has 0 aliphatic heterocycles. The van der Waals surface area contributed by atoms with E-state index in [-0.39, 0.29) is 5.67 Å². The van der Waals surface area contributed by atoms with Gasteiger partial charge in [0, 0.05) is 5.69 Å². The van der Waals surface area contributed by atoms with Gasteiger partial charge in [0.2, 0.25) is 0 Å². The van der Waals surface area contributed by atoms with Gasteiger partial charge in [-0.25, -0.2) is 0 Å². The van der Waals surface area contributed by atoms with Gasteiger partial charge in [-0.15, -0.1) is 15.8 Å². The lowest BCUT2D eigenvalue weighted by atomic mass is 9.81. The number of benzene rings is 2. The topological polar surface area (TPSA) is 35.8 Å². The third-order valence-corrected chi connectivity index (χ3v) is 3.16. The fourth-order valence-corrected chi connectivity index (χ4v) is 2.06. The van der Waals surface area contributed by atoms with E-state index in [1.807, 2.05) is 54.6 Å². The molecule has 2 rings (SSSR count). The maximum Gasteiger partial charge on any atom is 0.364 e. The molecule has 17 heavy (non-hydrogen) atoms. The lowest BCUT2D eigenvalue weighted by Gasteiger charge is -2.10. The summed E-state index contributed by atoms with van der Waals surface area (Å²) in [5.74, 6) is 0. The molecule has 1 N–H and O–H groups in total. The van der Waals surface area contributed by atoms with Gasteiger partial charge in [0.15, 0.2) is 0 Å². The largest absolute Gasteiger partial charge is 0.415 e. The maximum absolute atomic E-state index is 8.72. The minimum atomic E-state index is 0.0395. The number of hydrogen-bond donors (Lipinski definition) is 1. The second kappa shape index (κ2) is 5.56. The van der Waals surface area contributed by atoms with Crippen molar-refractivity contribution < 1.29 is 0 Å². The van der Waals surface area contributed by atoms with Crippen LogP contribution in [0, 0.1) is 11.3 Å². The summed E-state index contributed by atoms with van der Waals surface area (Å²) in [5, 5.41) is 12.1. The molecule has 0 saturated heterocycles. The minimum Gasteiger partial charge on any atom is -0.415 e. The van der Waals surface area contributed by atoms with E-state index >= 15 is 0 Å². The van der Waals surface area contributed by atoms with Crippen LogP contribution in [0.1, 0.15) is 5.56 Å². The van der Waals surface area contributed by atoms with Gasteiger partial charge in [-0.3, -0.25) is 0 Å². The van der Waals surface area contributed by atoms with Gasteiger partial charge >= 0.3 is 5.67 Å². The van der Waals surface area contributed by atoms with Crippen molar-refractivity contribution in [1.29, 1.82) is 5.26 Å². The Morgan fingerprint density at radius 2 is 1.65 bits per heavy atom. The highest BCUT2D eigenvalue weighted by Crippen LogP contribution is 2.08. The summed E-state index contributed by atoms with van der Waals surface area (Å²) in [4.78, 5) is 0. The molecule has 2 aromatic rings. The molecule has 0 saturated carbocycles. The number of nitrogens with zero attached hydrogens (tertiary/aromatic N) is 1. The normalized spacial score (nSPS) is 9.41. The van der Waals surface area contributed by atoms with E-state index in [1.165, 1.54) is 0 Å². The predicted molar refractivity (Wildman–Crippen MR) is 75.5 cm³/mol. The molecule has 0 unspecified atom stereocenters. The third kappa shape index (κ3) is 3.12. The molecule has 2 nitrogen and oxygen atoms in total. The molecule has 2 aromatic carbocycles. The highest BCUT2D eigenvalue weighted by atomic mass is 79.9. The summed E-state index contributed by atoms with van der Waals surface area (Å²) in [5.41, 5.74) is 2.86. The minimum absolute atomic E-state index is 0.0395. The first-order valence-electron chi connectivity index (χ1n) is 5.25. The van der Waals surface area contributed by atoms with Gasteiger partial charge in [-0.1, -0.05) is 30.3 Å². The molecule has 0 aliphatic carbocycles. The smallest absolute Gasteiger partial charge is 0.364 e. The number of para-hydroxylation sites is 1. The maximum atomic E-state index is 8.72. The van der Waals surface area contributed by atoms with E-state index in [1.54, 1.807) is 0 Å². The summed E-state index contributed by atoms with van der Waals surface area (Å²) in [6, 6.07) is 19.6. The van der Waals surface area contributed by atoms with Crippen LogP contribution in [0.25, 0.3) is 0 Å². The van der Waals surface area contributed by atoms with E-state index in [4.69, 9.17) is 5.26 Å². The molecule has 0 amide bonds. The monoisotopic (exact) mass is 284 g/mol. The van der Waals surface area contributed by atoms with Crippen molar-refractivity contribution in [2.75, 3.05) is 5.23 Å². The Kier molecular flexibility index (Phi) is 3.84. The number of hydrogen-bond acceptors (Lipinski definition) is 2. The molecule has 0 atom stereocenters. The summed E-state index contributed by atoms with van der Waals surface area (Å²) in [6.45, 7) is 0. The van der Waals surface area contributed by atoms with E-state index in [0.29, 0.717) is 5.56 Å². The molecule has 0 bridgehead atoms. The van der Waals surface area contributed by atoms with E-state index in [9.17, 15) is 0 Å². The Morgan fingerprint density at radius 3 is 2.24 bits per heavy atom. The van der Waals surface area contributed by atoms with Crippen LogP contribution in [0.15, 0.2) is 54.6 Å². The highest BCUT2D eigenvalue weighted by Gasteiger charge is 2.12. The molecule has 0 radical (unpaired) electrons. The Hall–Kier alpha value is -1.73. The molecule has 0 spiro atoms. The fourth-order valence-electron chi connectivity index (χ4n) is 1.49. The number of rotatable bonds is 3. The van der Waals surface area contributed by atoms with Crippen molar-refractivity contribution in [2.24, 2.45) is 0 Å². The second-order valence-electron chi connectivity index (χ2n) is 3.61. The summed E-state index contributed by atoms with van der Waals surface area (Å²) in [7, 11) is 0. The highest BCUT2D eigenvalue weighted by molar-refractivity contribution is 9.25. The standard InChI is InChI=1S/C13H10BBrN2/c15-14(17-13-4-2-1-3-5-13)12-8-6-11(10-16)7-9-12/h1-9,17H. The summed E-state index contributed by atoms with van der Waals surface area (Å²) >= 11 is 3.58. The quantitative estimate of drug-likeness (QED) is 0.880. The molecule has 0 fully saturated rings. The summed E-state index contributed by atoms with van der Waals surface area (Å²) in [6.07, 6.45) is 0. The molecule has 0 heterocycles. The van der Waals surface area contributed by atoms with Crippen molar-refractivity contribution in [3.8, 4) is 6.07 Å². The number of nitrogens with one attached hydrogen (secondary N) is 1. The number of halogens is 1. The first kappa shape index (κ1) is 11.8. The van der Waals surface area contributed by atoms with Crippen LogP contribution in [0.5, 0.6) is 0 Å². The van der Waals surface area contributed by atoms with Gasteiger partial charge < -0.3 is 5.23 Å². The molecular formula is C13H10BBrN2. The van der Waals surface area contributed by atoms with Crippen LogP contribution in [0.2, 0.25) is 0 Å². The molecule has 0 aliphatic rings. The van der Waals surface area contributed by atoms with Gasteiger partial charge in [0.1, 0.15) is 0 Å². The van der Waals surface area contributed by atoms with Crippen LogP contribution in [-0.2, 0) is 0 Å². The van der Waals surface area contributed by atoms with Crippen molar-refractivity contribution in [2.45, 2.75) is 0 Å². The van der Waals surface area contributed by atoms with E-state index in [0.717, 1.165) is 11.2 Å². The van der Waals surface area contributed by atoms with Crippen molar-refractivity contribution in [3.05, 3.63) is 60.2 Å². The average molecular weight is 285 g/mol. The van der Waals surface area contributed by atoms with Gasteiger partial charge in [-0.05, 0) is 29.7 Å². The van der Waals surface area contributed by atoms with E-state index < -0.39 is 0 Å².